The van der Waals surface area contributed by atoms with Gasteiger partial charge in [0.05, 0.1) is 13.2 Å². The first-order valence-corrected chi connectivity index (χ1v) is 16.7. The van der Waals surface area contributed by atoms with Gasteiger partial charge in [-0.05, 0) is 64.5 Å². The molecule has 4 aliphatic rings. The van der Waals surface area contributed by atoms with Gasteiger partial charge in [0.1, 0.15) is 29.0 Å². The van der Waals surface area contributed by atoms with Crippen molar-refractivity contribution in [3.05, 3.63) is 71.8 Å². The summed E-state index contributed by atoms with van der Waals surface area (Å²) in [5, 5.41) is 8.74. The zero-order chi connectivity index (χ0) is 34.1. The lowest BCUT2D eigenvalue weighted by Crippen LogP contribution is -2.58. The third kappa shape index (κ3) is 6.74. The number of ether oxygens (including phenoxy) is 2. The van der Waals surface area contributed by atoms with Crippen molar-refractivity contribution in [3.63, 3.8) is 0 Å². The van der Waals surface area contributed by atoms with Crippen LogP contribution < -0.4 is 10.7 Å². The van der Waals surface area contributed by atoms with E-state index in [1.54, 1.807) is 27.7 Å². The summed E-state index contributed by atoms with van der Waals surface area (Å²) in [5.74, 6) is -1.21. The standard InChI is InChI=1S/C36H43N5O7/c1-5-46-32(43)36-21-23(36)14-8-6-7-13-19-41(38-33(44)47-35(2,3)4)34(45)40-22-24(20-29(40)31(42)37-36)48-39-30-27-17-11-9-15-25(27)26-16-10-12-18-28(26)30/h8-12,14-18,23-24,29H,5-7,13,19-22H2,1-4H3,(H,37,42)(H,38,44)/b14-8-/t23-,24+,29-,36+/m0/s1. The SMILES string of the molecule is CCOC(=O)[C@@]12C[C@@H]1/C=C\CCCCN(NC(=O)OC(C)(C)C)C(=O)N1C[C@H](ON=C3c4ccccc4-c4ccccc43)C[C@H]1C(=O)N2. The van der Waals surface area contributed by atoms with Crippen LogP contribution in [-0.2, 0) is 23.9 Å². The summed E-state index contributed by atoms with van der Waals surface area (Å²) >= 11 is 0. The van der Waals surface area contributed by atoms with Crippen LogP contribution in [0.3, 0.4) is 0 Å². The van der Waals surface area contributed by atoms with Gasteiger partial charge < -0.3 is 24.5 Å². The highest BCUT2D eigenvalue weighted by Gasteiger charge is 2.62. The fraction of sp³-hybridized carbons (Fsp3) is 0.472. The Morgan fingerprint density at radius 3 is 2.33 bits per heavy atom. The highest BCUT2D eigenvalue weighted by atomic mass is 16.6. The molecule has 0 radical (unpaired) electrons. The lowest BCUT2D eigenvalue weighted by Gasteiger charge is -2.32. The number of allylic oxidation sites excluding steroid dienone is 1. The molecule has 0 unspecified atom stereocenters. The van der Waals surface area contributed by atoms with Crippen LogP contribution in [0.15, 0.2) is 65.8 Å². The molecule has 0 aromatic heterocycles. The minimum Gasteiger partial charge on any atom is -0.464 e. The van der Waals surface area contributed by atoms with E-state index in [4.69, 9.17) is 14.3 Å². The first kappa shape index (κ1) is 33.0. The highest BCUT2D eigenvalue weighted by molar-refractivity contribution is 6.24. The number of hydrogen-bond acceptors (Lipinski definition) is 8. The minimum atomic E-state index is -1.20. The zero-order valence-corrected chi connectivity index (χ0v) is 27.9. The predicted molar refractivity (Wildman–Crippen MR) is 178 cm³/mol. The molecule has 254 valence electrons. The molecule has 2 heterocycles. The lowest BCUT2D eigenvalue weighted by molar-refractivity contribution is -0.149. The molecular weight excluding hydrogens is 614 g/mol. The van der Waals surface area contributed by atoms with Gasteiger partial charge in [-0.2, -0.15) is 0 Å². The molecule has 0 spiro atoms. The van der Waals surface area contributed by atoms with Crippen molar-refractivity contribution in [1.82, 2.24) is 20.7 Å². The van der Waals surface area contributed by atoms with E-state index in [1.165, 1.54) is 9.91 Å². The van der Waals surface area contributed by atoms with Crippen LogP contribution in [0.4, 0.5) is 9.59 Å². The Labute approximate surface area is 280 Å². The van der Waals surface area contributed by atoms with Crippen molar-refractivity contribution < 1.29 is 33.5 Å². The van der Waals surface area contributed by atoms with Gasteiger partial charge in [0.15, 0.2) is 0 Å². The largest absolute Gasteiger partial charge is 0.464 e. The second-order valence-corrected chi connectivity index (χ2v) is 13.6. The maximum Gasteiger partial charge on any atom is 0.426 e. The number of benzene rings is 2. The first-order valence-electron chi connectivity index (χ1n) is 16.7. The number of nitrogens with zero attached hydrogens (tertiary/aromatic N) is 3. The molecule has 48 heavy (non-hydrogen) atoms. The van der Waals surface area contributed by atoms with Crippen LogP contribution in [0.1, 0.15) is 70.9 Å². The summed E-state index contributed by atoms with van der Waals surface area (Å²) in [7, 11) is 0. The van der Waals surface area contributed by atoms with E-state index in [1.807, 2.05) is 60.7 Å². The van der Waals surface area contributed by atoms with Crippen molar-refractivity contribution in [2.75, 3.05) is 19.7 Å². The van der Waals surface area contributed by atoms with Crippen molar-refractivity contribution in [2.45, 2.75) is 83.1 Å². The normalized spacial score (nSPS) is 25.8. The van der Waals surface area contributed by atoms with Crippen LogP contribution in [0.2, 0.25) is 0 Å². The molecule has 6 rings (SSSR count). The van der Waals surface area contributed by atoms with E-state index < -0.39 is 47.3 Å². The number of carbonyl (C=O) groups excluding carboxylic acids is 4. The number of hydrazine groups is 1. The number of rotatable bonds is 5. The Bertz CT molecular complexity index is 1600. The molecule has 12 nitrogen and oxygen atoms in total. The summed E-state index contributed by atoms with van der Waals surface area (Å²) < 4.78 is 10.8. The number of esters is 1. The Morgan fingerprint density at radius 2 is 1.69 bits per heavy atom. The number of hydrogen-bond donors (Lipinski definition) is 2. The molecule has 2 fully saturated rings. The number of fused-ring (bicyclic) bond motifs is 5. The van der Waals surface area contributed by atoms with Gasteiger partial charge in [0, 0.05) is 30.0 Å². The summed E-state index contributed by atoms with van der Waals surface area (Å²) in [5.41, 5.74) is 5.25. The van der Waals surface area contributed by atoms with Crippen LogP contribution in [-0.4, -0.2) is 82.6 Å². The average molecular weight is 658 g/mol. The fourth-order valence-corrected chi connectivity index (χ4v) is 6.62. The number of carbonyl (C=O) groups is 4. The zero-order valence-electron chi connectivity index (χ0n) is 27.9. The van der Waals surface area contributed by atoms with Gasteiger partial charge in [-0.3, -0.25) is 4.79 Å². The molecule has 2 N–H and O–H groups in total. The Balaban J connectivity index is 1.29. The number of oxime groups is 1. The third-order valence-corrected chi connectivity index (χ3v) is 8.99. The second-order valence-electron chi connectivity index (χ2n) is 13.6. The second kappa shape index (κ2) is 13.3. The van der Waals surface area contributed by atoms with Crippen LogP contribution in [0.5, 0.6) is 0 Å². The monoisotopic (exact) mass is 657 g/mol. The minimum absolute atomic E-state index is 0.0270. The van der Waals surface area contributed by atoms with E-state index in [0.717, 1.165) is 28.7 Å². The molecule has 4 atom stereocenters. The smallest absolute Gasteiger partial charge is 0.426 e. The molecule has 2 aliphatic carbocycles. The molecule has 12 heteroatoms. The number of urea groups is 1. The highest BCUT2D eigenvalue weighted by Crippen LogP contribution is 2.46. The van der Waals surface area contributed by atoms with E-state index in [-0.39, 0.29) is 32.0 Å². The topological polar surface area (TPSA) is 139 Å². The average Bonchev–Trinajstić information content (AvgIpc) is 3.41. The third-order valence-electron chi connectivity index (χ3n) is 8.99. The first-order chi connectivity index (χ1) is 23.0. The Morgan fingerprint density at radius 1 is 1.02 bits per heavy atom. The molecule has 2 aromatic carbocycles. The van der Waals surface area contributed by atoms with Gasteiger partial charge in [-0.15, -0.1) is 0 Å². The molecule has 2 aliphatic heterocycles. The van der Waals surface area contributed by atoms with Gasteiger partial charge in [-0.1, -0.05) is 65.8 Å². The maximum absolute atomic E-state index is 14.2. The molecule has 4 amide bonds. The van der Waals surface area contributed by atoms with Crippen molar-refractivity contribution in [3.8, 4) is 11.1 Å². The molecule has 0 bridgehead atoms. The lowest BCUT2D eigenvalue weighted by atomic mass is 10.1. The fourth-order valence-electron chi connectivity index (χ4n) is 6.62. The Hall–Kier alpha value is -4.87. The Kier molecular flexibility index (Phi) is 9.18. The van der Waals surface area contributed by atoms with Crippen LogP contribution in [0.25, 0.3) is 11.1 Å². The van der Waals surface area contributed by atoms with Gasteiger partial charge in [-0.25, -0.2) is 24.8 Å². The van der Waals surface area contributed by atoms with E-state index in [0.29, 0.717) is 25.0 Å². The van der Waals surface area contributed by atoms with E-state index >= 15 is 0 Å². The summed E-state index contributed by atoms with van der Waals surface area (Å²) in [6.07, 6.45) is 5.06. The van der Waals surface area contributed by atoms with Crippen LogP contribution >= 0.6 is 0 Å². The number of nitrogens with one attached hydrogen (secondary N) is 2. The summed E-state index contributed by atoms with van der Waals surface area (Å²) in [6, 6.07) is 14.3. The molecule has 1 saturated heterocycles. The van der Waals surface area contributed by atoms with Gasteiger partial charge >= 0.3 is 18.1 Å². The summed E-state index contributed by atoms with van der Waals surface area (Å²) in [6.45, 7) is 7.33. The molecule has 2 aromatic rings. The van der Waals surface area contributed by atoms with E-state index in [2.05, 4.69) is 15.9 Å². The van der Waals surface area contributed by atoms with Gasteiger partial charge in [0.25, 0.3) is 0 Å². The quantitative estimate of drug-likeness (QED) is 0.226. The van der Waals surface area contributed by atoms with Gasteiger partial charge in [0.2, 0.25) is 5.91 Å². The van der Waals surface area contributed by atoms with Crippen molar-refractivity contribution in [2.24, 2.45) is 11.1 Å². The summed E-state index contributed by atoms with van der Waals surface area (Å²) in [4.78, 5) is 61.7. The molecule has 1 saturated carbocycles. The van der Waals surface area contributed by atoms with Crippen molar-refractivity contribution in [1.29, 1.82) is 0 Å². The van der Waals surface area contributed by atoms with E-state index in [9.17, 15) is 19.2 Å². The predicted octanol–water partition coefficient (Wildman–Crippen LogP) is 4.92. The van der Waals surface area contributed by atoms with Crippen LogP contribution in [0, 0.1) is 5.92 Å². The number of amides is 4. The molecular formula is C36H43N5O7. The van der Waals surface area contributed by atoms with Crippen molar-refractivity contribution >= 4 is 29.7 Å². The maximum atomic E-state index is 14.2.